The van der Waals surface area contributed by atoms with Crippen LogP contribution in [0.2, 0.25) is 0 Å². The molecule has 158 valence electrons. The van der Waals surface area contributed by atoms with Crippen LogP contribution in [0.5, 0.6) is 0 Å². The summed E-state index contributed by atoms with van der Waals surface area (Å²) in [6.07, 6.45) is 0. The minimum atomic E-state index is -0.433. The Morgan fingerprint density at radius 1 is 1.12 bits per heavy atom. The van der Waals surface area contributed by atoms with Crippen molar-refractivity contribution in [2.75, 3.05) is 17.2 Å². The number of benzene rings is 3. The molecule has 0 saturated heterocycles. The first-order valence-corrected chi connectivity index (χ1v) is 12.0. The van der Waals surface area contributed by atoms with E-state index in [2.05, 4.69) is 41.1 Å². The van der Waals surface area contributed by atoms with Crippen LogP contribution in [0.4, 0.5) is 10.7 Å². The lowest BCUT2D eigenvalue weighted by atomic mass is 9.89. The van der Waals surface area contributed by atoms with Crippen molar-refractivity contribution >= 4 is 55.3 Å². The molecule has 2 N–H and O–H groups in total. The summed E-state index contributed by atoms with van der Waals surface area (Å²) in [7, 11) is 0. The Kier molecular flexibility index (Phi) is 4.43. The lowest BCUT2D eigenvalue weighted by molar-refractivity contribution is 0.00357. The van der Waals surface area contributed by atoms with Gasteiger partial charge in [0.15, 0.2) is 0 Å². The maximum absolute atomic E-state index is 10.8. The molecule has 0 spiro atoms. The van der Waals surface area contributed by atoms with Crippen molar-refractivity contribution in [2.24, 2.45) is 0 Å². The van der Waals surface area contributed by atoms with Gasteiger partial charge < -0.3 is 9.84 Å². The van der Waals surface area contributed by atoms with Crippen LogP contribution < -0.4 is 10.5 Å². The van der Waals surface area contributed by atoms with Gasteiger partial charge in [-0.3, -0.25) is 5.43 Å². The summed E-state index contributed by atoms with van der Waals surface area (Å²) in [5.74, 6) is 0.0858. The number of hydrogen-bond donors (Lipinski definition) is 2. The SMILES string of the molecule is CCOC1SC=C(O)N1N1Nc2sccc2-c2c1c1c(C#N)cccc1c1ccccc21. The van der Waals surface area contributed by atoms with Crippen molar-refractivity contribution in [3.05, 3.63) is 70.8 Å². The van der Waals surface area contributed by atoms with Crippen molar-refractivity contribution in [1.29, 1.82) is 5.26 Å². The number of ether oxygens (including phenoxy) is 1. The van der Waals surface area contributed by atoms with Crippen molar-refractivity contribution in [2.45, 2.75) is 12.5 Å². The molecule has 6 rings (SSSR count). The van der Waals surface area contributed by atoms with Crippen LogP contribution in [0.3, 0.4) is 0 Å². The number of aliphatic hydroxyl groups is 1. The zero-order valence-corrected chi connectivity index (χ0v) is 18.7. The highest BCUT2D eigenvalue weighted by Gasteiger charge is 2.39. The van der Waals surface area contributed by atoms with E-state index in [0.717, 1.165) is 43.4 Å². The molecule has 4 aromatic rings. The molecule has 1 atom stereocenters. The van der Waals surface area contributed by atoms with Crippen molar-refractivity contribution in [3.63, 3.8) is 0 Å². The number of nitriles is 1. The van der Waals surface area contributed by atoms with Gasteiger partial charge in [-0.05, 0) is 40.6 Å². The zero-order valence-electron chi connectivity index (χ0n) is 17.1. The molecule has 0 amide bonds. The van der Waals surface area contributed by atoms with Crippen LogP contribution in [0.25, 0.3) is 32.7 Å². The van der Waals surface area contributed by atoms with E-state index in [1.165, 1.54) is 11.8 Å². The van der Waals surface area contributed by atoms with Crippen molar-refractivity contribution in [3.8, 4) is 17.2 Å². The molecule has 3 heterocycles. The van der Waals surface area contributed by atoms with Crippen LogP contribution >= 0.6 is 23.1 Å². The van der Waals surface area contributed by atoms with E-state index in [0.29, 0.717) is 12.2 Å². The van der Waals surface area contributed by atoms with E-state index in [9.17, 15) is 10.4 Å². The van der Waals surface area contributed by atoms with Gasteiger partial charge in [-0.2, -0.15) is 15.4 Å². The molecule has 0 fully saturated rings. The Hall–Kier alpha value is -3.38. The molecular formula is C24H18N4O2S2. The van der Waals surface area contributed by atoms with Crippen LogP contribution in [0, 0.1) is 11.3 Å². The number of nitrogens with zero attached hydrogens (tertiary/aromatic N) is 3. The van der Waals surface area contributed by atoms with E-state index in [1.54, 1.807) is 21.8 Å². The van der Waals surface area contributed by atoms with E-state index in [-0.39, 0.29) is 5.88 Å². The smallest absolute Gasteiger partial charge is 0.217 e. The number of rotatable bonds is 3. The molecule has 1 unspecified atom stereocenters. The fourth-order valence-electron chi connectivity index (χ4n) is 4.49. The first kappa shape index (κ1) is 19.3. The average molecular weight is 459 g/mol. The Morgan fingerprint density at radius 3 is 2.75 bits per heavy atom. The predicted molar refractivity (Wildman–Crippen MR) is 131 cm³/mol. The molecular weight excluding hydrogens is 440 g/mol. The number of nitrogens with one attached hydrogen (secondary N) is 1. The largest absolute Gasteiger partial charge is 0.493 e. The highest BCUT2D eigenvalue weighted by atomic mass is 32.2. The maximum atomic E-state index is 10.8. The number of anilines is 2. The summed E-state index contributed by atoms with van der Waals surface area (Å²) < 4.78 is 5.91. The molecule has 0 radical (unpaired) electrons. The molecule has 0 saturated carbocycles. The number of aliphatic hydroxyl groups excluding tert-OH is 1. The Labute approximate surface area is 192 Å². The van der Waals surface area contributed by atoms with E-state index in [1.807, 2.05) is 36.3 Å². The molecule has 6 nitrogen and oxygen atoms in total. The predicted octanol–water partition coefficient (Wildman–Crippen LogP) is 6.38. The van der Waals surface area contributed by atoms with E-state index in [4.69, 9.17) is 4.74 Å². The van der Waals surface area contributed by atoms with Crippen LogP contribution in [0.15, 0.2) is 65.2 Å². The molecule has 3 aromatic carbocycles. The Bertz CT molecular complexity index is 1460. The van der Waals surface area contributed by atoms with Gasteiger partial charge in [-0.25, -0.2) is 0 Å². The van der Waals surface area contributed by atoms with Crippen LogP contribution in [-0.2, 0) is 4.74 Å². The fraction of sp³-hybridized carbons (Fsp3) is 0.125. The quantitative estimate of drug-likeness (QED) is 0.345. The molecule has 2 aliphatic rings. The first-order valence-electron chi connectivity index (χ1n) is 10.2. The van der Waals surface area contributed by atoms with E-state index < -0.39 is 5.56 Å². The molecule has 0 bridgehead atoms. The maximum Gasteiger partial charge on any atom is 0.217 e. The third-order valence-electron chi connectivity index (χ3n) is 5.75. The highest BCUT2D eigenvalue weighted by molar-refractivity contribution is 8.02. The van der Waals surface area contributed by atoms with Crippen LogP contribution in [0.1, 0.15) is 12.5 Å². The normalized spacial score (nSPS) is 17.1. The number of thioether (sulfide) groups is 1. The fourth-order valence-corrected chi connectivity index (χ4v) is 6.15. The topological polar surface area (TPSA) is 71.8 Å². The van der Waals surface area contributed by atoms with Gasteiger partial charge >= 0.3 is 0 Å². The van der Waals surface area contributed by atoms with Gasteiger partial charge in [-0.15, -0.1) is 11.3 Å². The standard InChI is InChI=1S/C24H18N4O2S2/c1-2-30-24-27(19(29)13-32-24)28-22-20-14(12-25)6-5-9-16(20)15-7-3-4-8-17(15)21(22)18-10-11-31-23(18)26-28/h3-11,13,24,26,29H,2H2,1H3. The molecule has 2 aliphatic heterocycles. The first-order chi connectivity index (χ1) is 15.7. The second-order valence-corrected chi connectivity index (χ2v) is 9.24. The number of hydrogen-bond acceptors (Lipinski definition) is 8. The molecule has 1 aromatic heterocycles. The molecule has 0 aliphatic carbocycles. The average Bonchev–Trinajstić information content (AvgIpc) is 3.44. The van der Waals surface area contributed by atoms with Gasteiger partial charge in [0.2, 0.25) is 11.4 Å². The number of thiophene rings is 1. The molecule has 8 heteroatoms. The van der Waals surface area contributed by atoms with Gasteiger partial charge in [0.05, 0.1) is 17.3 Å². The summed E-state index contributed by atoms with van der Waals surface area (Å²) in [6, 6.07) is 18.6. The second-order valence-electron chi connectivity index (χ2n) is 7.42. The summed E-state index contributed by atoms with van der Waals surface area (Å²) in [5.41, 5.74) is 6.57. The van der Waals surface area contributed by atoms with Gasteiger partial charge in [0.25, 0.3) is 0 Å². The third kappa shape index (κ3) is 2.62. The van der Waals surface area contributed by atoms with Gasteiger partial charge in [0.1, 0.15) is 5.00 Å². The minimum absolute atomic E-state index is 0.0858. The minimum Gasteiger partial charge on any atom is -0.493 e. The summed E-state index contributed by atoms with van der Waals surface area (Å²) in [6.45, 7) is 2.43. The van der Waals surface area contributed by atoms with E-state index >= 15 is 0 Å². The van der Waals surface area contributed by atoms with Crippen molar-refractivity contribution in [1.82, 2.24) is 5.01 Å². The summed E-state index contributed by atoms with van der Waals surface area (Å²) >= 11 is 3.00. The lowest BCUT2D eigenvalue weighted by Gasteiger charge is -2.42. The highest BCUT2D eigenvalue weighted by Crippen LogP contribution is 2.53. The third-order valence-corrected chi connectivity index (χ3v) is 7.48. The van der Waals surface area contributed by atoms with Crippen molar-refractivity contribution < 1.29 is 9.84 Å². The molecule has 32 heavy (non-hydrogen) atoms. The Morgan fingerprint density at radius 2 is 1.94 bits per heavy atom. The second kappa shape index (κ2) is 7.35. The summed E-state index contributed by atoms with van der Waals surface area (Å²) in [4.78, 5) is 0. The lowest BCUT2D eigenvalue weighted by Crippen LogP contribution is -2.50. The Balaban J connectivity index is 1.76. The monoisotopic (exact) mass is 458 g/mol. The number of hydrazine groups is 2. The van der Waals surface area contributed by atoms with Gasteiger partial charge in [-0.1, -0.05) is 48.2 Å². The van der Waals surface area contributed by atoms with Gasteiger partial charge in [0, 0.05) is 28.5 Å². The number of fused-ring (bicyclic) bond motifs is 8. The zero-order chi connectivity index (χ0) is 21.8. The summed E-state index contributed by atoms with van der Waals surface area (Å²) in [5, 5.41) is 33.1. The van der Waals surface area contributed by atoms with Crippen LogP contribution in [-0.4, -0.2) is 22.3 Å².